The van der Waals surface area contributed by atoms with Crippen molar-refractivity contribution in [2.45, 2.75) is 25.3 Å². The standard InChI is InChI=1S/C25H19F2N7O/c26-25(27)8-19(9-25)24(35)34-13-17-2-1-15(7-18(17)14-34)23-28-6-5-22(33-23)32-21-4-3-16(10-29-21)20-11-30-31-12-20/h1-7,10-13,19H,8-9,14H2,(H,28,33)/p+1. The van der Waals surface area contributed by atoms with E-state index >= 15 is 0 Å². The smallest absolute Gasteiger partial charge is 0.325 e. The number of nitrogens with one attached hydrogen (secondary N) is 2. The van der Waals surface area contributed by atoms with Gasteiger partial charge in [0.05, 0.1) is 12.1 Å². The summed E-state index contributed by atoms with van der Waals surface area (Å²) in [6.07, 6.45) is 7.95. The number of rotatable bonds is 5. The Bertz CT molecular complexity index is 1440. The molecule has 1 amide bonds. The molecule has 10 heteroatoms. The van der Waals surface area contributed by atoms with Gasteiger partial charge in [-0.2, -0.15) is 9.67 Å². The number of H-pyrrole nitrogens is 1. The van der Waals surface area contributed by atoms with Crippen molar-refractivity contribution >= 4 is 23.8 Å². The highest BCUT2D eigenvalue weighted by atomic mass is 19.3. The van der Waals surface area contributed by atoms with Gasteiger partial charge in [0.2, 0.25) is 5.92 Å². The Labute approximate surface area is 198 Å². The van der Waals surface area contributed by atoms with Gasteiger partial charge in [0, 0.05) is 59.2 Å². The van der Waals surface area contributed by atoms with Crippen molar-refractivity contribution in [1.82, 2.24) is 25.1 Å². The number of carbonyl (C=O) groups is 1. The first-order valence-corrected chi connectivity index (χ1v) is 11.2. The number of aromatic nitrogens is 5. The number of aromatic amines is 1. The lowest BCUT2D eigenvalue weighted by molar-refractivity contribution is -0.463. The minimum Gasteiger partial charge on any atom is -0.325 e. The van der Waals surface area contributed by atoms with Gasteiger partial charge in [0.15, 0.2) is 18.6 Å². The Morgan fingerprint density at radius 1 is 1.03 bits per heavy atom. The van der Waals surface area contributed by atoms with Crippen molar-refractivity contribution in [2.24, 2.45) is 5.92 Å². The highest BCUT2D eigenvalue weighted by Crippen LogP contribution is 2.43. The Hall–Kier alpha value is -4.34. The van der Waals surface area contributed by atoms with Crippen LogP contribution in [0.2, 0.25) is 0 Å². The number of alkyl halides is 2. The molecule has 4 heterocycles. The van der Waals surface area contributed by atoms with E-state index in [1.54, 1.807) is 37.1 Å². The highest BCUT2D eigenvalue weighted by molar-refractivity contribution is 5.87. The average Bonchev–Trinajstić information content (AvgIpc) is 3.52. The minimum atomic E-state index is -2.71. The lowest BCUT2D eigenvalue weighted by atomic mass is 9.80. The molecule has 1 aromatic carbocycles. The molecule has 35 heavy (non-hydrogen) atoms. The van der Waals surface area contributed by atoms with Crippen LogP contribution in [0.15, 0.2) is 61.2 Å². The van der Waals surface area contributed by atoms with E-state index in [1.807, 2.05) is 30.3 Å². The van der Waals surface area contributed by atoms with Crippen LogP contribution < -0.4 is 5.32 Å². The van der Waals surface area contributed by atoms with Crippen LogP contribution in [0.25, 0.3) is 22.5 Å². The first-order valence-electron chi connectivity index (χ1n) is 11.2. The molecule has 1 saturated carbocycles. The molecule has 0 saturated heterocycles. The van der Waals surface area contributed by atoms with E-state index in [0.29, 0.717) is 24.0 Å². The van der Waals surface area contributed by atoms with E-state index in [-0.39, 0.29) is 18.7 Å². The third-order valence-corrected chi connectivity index (χ3v) is 6.27. The molecule has 6 rings (SSSR count). The summed E-state index contributed by atoms with van der Waals surface area (Å²) < 4.78 is 27.9. The minimum absolute atomic E-state index is 0.248. The molecule has 1 aliphatic carbocycles. The molecule has 0 unspecified atom stereocenters. The second-order valence-corrected chi connectivity index (χ2v) is 8.78. The zero-order valence-corrected chi connectivity index (χ0v) is 18.4. The van der Waals surface area contributed by atoms with Gasteiger partial charge < -0.3 is 5.32 Å². The van der Waals surface area contributed by atoms with E-state index in [0.717, 1.165) is 27.8 Å². The summed E-state index contributed by atoms with van der Waals surface area (Å²) >= 11 is 0. The zero-order chi connectivity index (χ0) is 24.0. The summed E-state index contributed by atoms with van der Waals surface area (Å²) in [5.74, 6) is -1.81. The number of benzene rings is 1. The SMILES string of the molecule is O=C(C1CC(F)(F)C1)[N+]1=Cc2ccc(-c3nccc(Nc4ccc(-c5cn[nH]c5)cn4)n3)cc2C1. The van der Waals surface area contributed by atoms with E-state index < -0.39 is 11.8 Å². The van der Waals surface area contributed by atoms with Crippen molar-refractivity contribution < 1.29 is 18.2 Å². The molecule has 2 N–H and O–H groups in total. The number of nitrogens with zero attached hydrogens (tertiary/aromatic N) is 5. The fraction of sp³-hybridized carbons (Fsp3) is 0.200. The average molecular weight is 472 g/mol. The topological polar surface area (TPSA) is 99.5 Å². The predicted octanol–water partition coefficient (Wildman–Crippen LogP) is 4.19. The molecule has 4 aromatic rings. The summed E-state index contributed by atoms with van der Waals surface area (Å²) in [5, 5.41) is 9.92. The second kappa shape index (κ2) is 8.15. The van der Waals surface area contributed by atoms with Crippen LogP contribution in [0.5, 0.6) is 0 Å². The van der Waals surface area contributed by atoms with Crippen molar-refractivity contribution in [2.75, 3.05) is 5.32 Å². The summed E-state index contributed by atoms with van der Waals surface area (Å²) in [6, 6.07) is 11.3. The van der Waals surface area contributed by atoms with Gasteiger partial charge >= 0.3 is 5.91 Å². The van der Waals surface area contributed by atoms with Crippen LogP contribution in [0.1, 0.15) is 24.0 Å². The molecule has 0 radical (unpaired) electrons. The van der Waals surface area contributed by atoms with E-state index in [4.69, 9.17) is 0 Å². The van der Waals surface area contributed by atoms with Gasteiger partial charge in [-0.3, -0.25) is 5.10 Å². The van der Waals surface area contributed by atoms with Gasteiger partial charge in [-0.15, -0.1) is 0 Å². The predicted molar refractivity (Wildman–Crippen MR) is 124 cm³/mol. The first-order chi connectivity index (χ1) is 16.9. The number of hydrogen-bond donors (Lipinski definition) is 2. The van der Waals surface area contributed by atoms with Crippen LogP contribution in [0, 0.1) is 5.92 Å². The van der Waals surface area contributed by atoms with Crippen LogP contribution in [-0.4, -0.2) is 47.8 Å². The molecule has 0 spiro atoms. The fourth-order valence-corrected chi connectivity index (χ4v) is 4.36. The second-order valence-electron chi connectivity index (χ2n) is 8.78. The first kappa shape index (κ1) is 21.2. The Morgan fingerprint density at radius 3 is 2.63 bits per heavy atom. The summed E-state index contributed by atoms with van der Waals surface area (Å²) in [4.78, 5) is 26.0. The maximum absolute atomic E-state index is 13.2. The highest BCUT2D eigenvalue weighted by Gasteiger charge is 2.52. The number of pyridine rings is 1. The van der Waals surface area contributed by atoms with Crippen molar-refractivity contribution in [3.63, 3.8) is 0 Å². The Balaban J connectivity index is 1.16. The van der Waals surface area contributed by atoms with Crippen LogP contribution in [0.4, 0.5) is 20.4 Å². The molecule has 0 atom stereocenters. The quantitative estimate of drug-likeness (QED) is 0.423. The summed E-state index contributed by atoms with van der Waals surface area (Å²) in [6.45, 7) is 0.356. The molecular weight excluding hydrogens is 452 g/mol. The molecule has 0 bridgehead atoms. The molecule has 2 aliphatic rings. The lowest BCUT2D eigenvalue weighted by Crippen LogP contribution is -2.43. The zero-order valence-electron chi connectivity index (χ0n) is 18.4. The van der Waals surface area contributed by atoms with Crippen molar-refractivity contribution in [3.05, 3.63) is 72.3 Å². The largest absolute Gasteiger partial charge is 0.390 e. The summed E-state index contributed by atoms with van der Waals surface area (Å²) in [5.41, 5.74) is 4.52. The maximum atomic E-state index is 13.2. The van der Waals surface area contributed by atoms with E-state index in [2.05, 4.69) is 30.5 Å². The molecular formula is C25H20F2N7O+. The fourth-order valence-electron chi connectivity index (χ4n) is 4.36. The van der Waals surface area contributed by atoms with Crippen molar-refractivity contribution in [1.29, 1.82) is 0 Å². The Kier molecular flexibility index (Phi) is 4.94. The lowest BCUT2D eigenvalue weighted by Gasteiger charge is -2.31. The third kappa shape index (κ3) is 4.18. The van der Waals surface area contributed by atoms with Gasteiger partial charge in [0.25, 0.3) is 0 Å². The number of anilines is 2. The van der Waals surface area contributed by atoms with Gasteiger partial charge in [-0.05, 0) is 30.3 Å². The van der Waals surface area contributed by atoms with Gasteiger partial charge in [-0.25, -0.2) is 28.5 Å². The van der Waals surface area contributed by atoms with Crippen LogP contribution >= 0.6 is 0 Å². The van der Waals surface area contributed by atoms with Gasteiger partial charge in [-0.1, -0.05) is 6.07 Å². The number of hydrogen-bond acceptors (Lipinski definition) is 6. The van der Waals surface area contributed by atoms with E-state index in [9.17, 15) is 13.6 Å². The number of amides is 1. The molecule has 8 nitrogen and oxygen atoms in total. The molecule has 1 aliphatic heterocycles. The normalized spacial score (nSPS) is 16.3. The van der Waals surface area contributed by atoms with Gasteiger partial charge in [0.1, 0.15) is 11.6 Å². The number of halogens is 2. The number of carbonyl (C=O) groups excluding carboxylic acids is 1. The summed E-state index contributed by atoms with van der Waals surface area (Å²) in [7, 11) is 0. The maximum Gasteiger partial charge on any atom is 0.390 e. The van der Waals surface area contributed by atoms with Crippen LogP contribution in [-0.2, 0) is 11.3 Å². The monoisotopic (exact) mass is 472 g/mol. The van der Waals surface area contributed by atoms with E-state index in [1.165, 1.54) is 4.58 Å². The molecule has 3 aromatic heterocycles. The Morgan fingerprint density at radius 2 is 1.89 bits per heavy atom. The molecule has 174 valence electrons. The van der Waals surface area contributed by atoms with Crippen molar-refractivity contribution in [3.8, 4) is 22.5 Å². The molecule has 1 fully saturated rings. The number of fused-ring (bicyclic) bond motifs is 1. The van der Waals surface area contributed by atoms with Crippen LogP contribution in [0.3, 0.4) is 0 Å². The third-order valence-electron chi connectivity index (χ3n) is 6.27.